The van der Waals surface area contributed by atoms with Crippen LogP contribution in [0.1, 0.15) is 36.5 Å². The zero-order valence-electron chi connectivity index (χ0n) is 24.4. The van der Waals surface area contributed by atoms with Gasteiger partial charge in [-0.25, -0.2) is 0 Å². The minimum Gasteiger partial charge on any atom is -0.493 e. The molecule has 0 N–H and O–H groups in total. The van der Waals surface area contributed by atoms with E-state index in [-0.39, 0.29) is 0 Å². The molecular weight excluding hydrogens is 536 g/mol. The van der Waals surface area contributed by atoms with Gasteiger partial charge in [-0.05, 0) is 70.1 Å². The monoisotopic (exact) mass is 572 g/mol. The zero-order chi connectivity index (χ0) is 29.1. The standard InChI is InChI=1S/C34H36O8/c1-35-27-15-13-25(29(31(27)37-3)33-39-17-7-18-40-33)23-11-12-24(22-10-6-5-9-21(22)23)26-14-16-28(36-2)32(38-4)30(26)34-41-19-8-20-42-34/h5-6,9-16,33-34H,7-8,17-20H2,1-4H3. The molecule has 0 spiro atoms. The number of ether oxygens (including phenoxy) is 8. The molecule has 4 aromatic carbocycles. The first kappa shape index (κ1) is 28.3. The second kappa shape index (κ2) is 12.6. The van der Waals surface area contributed by atoms with Crippen LogP contribution in [0.5, 0.6) is 23.0 Å². The highest BCUT2D eigenvalue weighted by atomic mass is 16.7. The Hall–Kier alpha value is -3.82. The van der Waals surface area contributed by atoms with Crippen molar-refractivity contribution in [1.29, 1.82) is 0 Å². The van der Waals surface area contributed by atoms with E-state index in [1.807, 2.05) is 36.4 Å². The lowest BCUT2D eigenvalue weighted by molar-refractivity contribution is -0.183. The number of hydrogen-bond acceptors (Lipinski definition) is 8. The van der Waals surface area contributed by atoms with Gasteiger partial charge in [-0.15, -0.1) is 0 Å². The molecule has 0 bridgehead atoms. The third-order valence-electron chi connectivity index (χ3n) is 7.80. The molecule has 0 radical (unpaired) electrons. The largest absolute Gasteiger partial charge is 0.493 e. The van der Waals surface area contributed by atoms with E-state index in [9.17, 15) is 0 Å². The Kier molecular flexibility index (Phi) is 8.48. The molecule has 0 atom stereocenters. The van der Waals surface area contributed by atoms with Crippen molar-refractivity contribution in [2.75, 3.05) is 54.9 Å². The second-order valence-corrected chi connectivity index (χ2v) is 10.1. The van der Waals surface area contributed by atoms with Crippen LogP contribution in [0.25, 0.3) is 33.0 Å². The Morgan fingerprint density at radius 1 is 0.476 bits per heavy atom. The van der Waals surface area contributed by atoms with Crippen LogP contribution >= 0.6 is 0 Å². The smallest absolute Gasteiger partial charge is 0.188 e. The molecule has 0 aromatic heterocycles. The summed E-state index contributed by atoms with van der Waals surface area (Å²) in [6, 6.07) is 20.6. The lowest BCUT2D eigenvalue weighted by Gasteiger charge is -2.29. The summed E-state index contributed by atoms with van der Waals surface area (Å²) in [5.74, 6) is 2.45. The highest BCUT2D eigenvalue weighted by molar-refractivity contribution is 6.06. The number of fused-ring (bicyclic) bond motifs is 1. The lowest BCUT2D eigenvalue weighted by atomic mass is 9.88. The summed E-state index contributed by atoms with van der Waals surface area (Å²) < 4.78 is 47.4. The van der Waals surface area contributed by atoms with Crippen molar-refractivity contribution in [1.82, 2.24) is 0 Å². The third-order valence-corrected chi connectivity index (χ3v) is 7.80. The molecule has 8 heteroatoms. The molecule has 220 valence electrons. The van der Waals surface area contributed by atoms with Crippen molar-refractivity contribution >= 4 is 10.8 Å². The number of hydrogen-bond donors (Lipinski definition) is 0. The molecule has 2 aliphatic heterocycles. The van der Waals surface area contributed by atoms with Gasteiger partial charge in [0.1, 0.15) is 0 Å². The molecule has 8 nitrogen and oxygen atoms in total. The van der Waals surface area contributed by atoms with Crippen molar-refractivity contribution < 1.29 is 37.9 Å². The van der Waals surface area contributed by atoms with E-state index in [0.717, 1.165) is 57.0 Å². The lowest BCUT2D eigenvalue weighted by Crippen LogP contribution is -2.19. The van der Waals surface area contributed by atoms with E-state index in [1.54, 1.807) is 28.4 Å². The number of benzene rings is 4. The van der Waals surface area contributed by atoms with Gasteiger partial charge in [-0.2, -0.15) is 0 Å². The van der Waals surface area contributed by atoms with E-state index in [2.05, 4.69) is 24.3 Å². The van der Waals surface area contributed by atoms with Gasteiger partial charge in [0, 0.05) is 0 Å². The molecule has 0 amide bonds. The summed E-state index contributed by atoms with van der Waals surface area (Å²) in [6.45, 7) is 2.43. The first-order chi connectivity index (χ1) is 20.7. The molecule has 0 saturated carbocycles. The SMILES string of the molecule is COc1ccc(-c2ccc(-c3ccc(OC)c(OC)c3C3OCCCO3)c3ccccc23)c(C2OCCCO2)c1OC. The summed E-state index contributed by atoms with van der Waals surface area (Å²) in [4.78, 5) is 0. The third kappa shape index (κ3) is 5.05. The quantitative estimate of drug-likeness (QED) is 0.222. The van der Waals surface area contributed by atoms with E-state index < -0.39 is 12.6 Å². The van der Waals surface area contributed by atoms with Crippen molar-refractivity contribution in [2.24, 2.45) is 0 Å². The second-order valence-electron chi connectivity index (χ2n) is 10.1. The Bertz CT molecular complexity index is 1440. The molecule has 0 aliphatic carbocycles. The van der Waals surface area contributed by atoms with E-state index in [4.69, 9.17) is 37.9 Å². The summed E-state index contributed by atoms with van der Waals surface area (Å²) in [5, 5.41) is 2.12. The maximum atomic E-state index is 6.09. The Morgan fingerprint density at radius 3 is 1.21 bits per heavy atom. The van der Waals surface area contributed by atoms with Gasteiger partial charge in [0.2, 0.25) is 0 Å². The maximum Gasteiger partial charge on any atom is 0.188 e. The molecular formula is C34H36O8. The van der Waals surface area contributed by atoms with Crippen LogP contribution in [-0.2, 0) is 18.9 Å². The van der Waals surface area contributed by atoms with Gasteiger partial charge in [0.05, 0.1) is 66.0 Å². The maximum absolute atomic E-state index is 6.09. The van der Waals surface area contributed by atoms with Gasteiger partial charge in [0.15, 0.2) is 35.6 Å². The highest BCUT2D eigenvalue weighted by Crippen LogP contribution is 2.49. The topological polar surface area (TPSA) is 73.8 Å². The van der Waals surface area contributed by atoms with Crippen LogP contribution in [0, 0.1) is 0 Å². The van der Waals surface area contributed by atoms with Gasteiger partial charge < -0.3 is 37.9 Å². The Morgan fingerprint density at radius 2 is 0.857 bits per heavy atom. The first-order valence-electron chi connectivity index (χ1n) is 14.2. The van der Waals surface area contributed by atoms with Gasteiger partial charge in [-0.1, -0.05) is 36.4 Å². The highest BCUT2D eigenvalue weighted by Gasteiger charge is 2.30. The van der Waals surface area contributed by atoms with Crippen LogP contribution < -0.4 is 18.9 Å². The molecule has 4 aromatic rings. The summed E-state index contributed by atoms with van der Waals surface area (Å²) in [6.07, 6.45) is 0.543. The fourth-order valence-electron chi connectivity index (χ4n) is 5.92. The summed E-state index contributed by atoms with van der Waals surface area (Å²) in [7, 11) is 6.55. The fraction of sp³-hybridized carbons (Fsp3) is 0.353. The van der Waals surface area contributed by atoms with Crippen molar-refractivity contribution in [3.05, 3.63) is 71.8 Å². The van der Waals surface area contributed by atoms with Crippen LogP contribution in [0.2, 0.25) is 0 Å². The Labute approximate surface area is 246 Å². The van der Waals surface area contributed by atoms with E-state index >= 15 is 0 Å². The van der Waals surface area contributed by atoms with Crippen LogP contribution in [-0.4, -0.2) is 54.9 Å². The first-order valence-corrected chi connectivity index (χ1v) is 14.2. The van der Waals surface area contributed by atoms with Crippen molar-refractivity contribution in [2.45, 2.75) is 25.4 Å². The van der Waals surface area contributed by atoms with Gasteiger partial charge >= 0.3 is 0 Å². The van der Waals surface area contributed by atoms with Crippen LogP contribution in [0.4, 0.5) is 0 Å². The van der Waals surface area contributed by atoms with Crippen molar-refractivity contribution in [3.8, 4) is 45.3 Å². The number of rotatable bonds is 8. The minimum atomic E-state index is -0.574. The van der Waals surface area contributed by atoms with E-state index in [1.165, 1.54) is 0 Å². The minimum absolute atomic E-state index is 0.574. The van der Waals surface area contributed by atoms with Crippen molar-refractivity contribution in [3.63, 3.8) is 0 Å². The molecule has 2 aliphatic rings. The van der Waals surface area contributed by atoms with Crippen LogP contribution in [0.3, 0.4) is 0 Å². The summed E-state index contributed by atoms with van der Waals surface area (Å²) in [5.41, 5.74) is 5.57. The van der Waals surface area contributed by atoms with E-state index in [0.29, 0.717) is 49.4 Å². The van der Waals surface area contributed by atoms with Gasteiger partial charge in [-0.3, -0.25) is 0 Å². The fourth-order valence-corrected chi connectivity index (χ4v) is 5.92. The molecule has 2 fully saturated rings. The summed E-state index contributed by atoms with van der Waals surface area (Å²) >= 11 is 0. The average Bonchev–Trinajstić information content (AvgIpc) is 3.07. The normalized spacial score (nSPS) is 16.4. The molecule has 2 saturated heterocycles. The zero-order valence-corrected chi connectivity index (χ0v) is 24.4. The molecule has 42 heavy (non-hydrogen) atoms. The van der Waals surface area contributed by atoms with Crippen LogP contribution in [0.15, 0.2) is 60.7 Å². The van der Waals surface area contributed by atoms with Gasteiger partial charge in [0.25, 0.3) is 0 Å². The molecule has 2 heterocycles. The Balaban J connectivity index is 1.58. The predicted octanol–water partition coefficient (Wildman–Crippen LogP) is 7.08. The molecule has 6 rings (SSSR count). The predicted molar refractivity (Wildman–Crippen MR) is 160 cm³/mol. The average molecular weight is 573 g/mol. The molecule has 0 unspecified atom stereocenters. The number of methoxy groups -OCH3 is 4.